The number of benzene rings is 2. The van der Waals surface area contributed by atoms with E-state index in [0.717, 1.165) is 22.2 Å². The molecular weight excluding hydrogens is 371 g/mol. The SMILES string of the molecule is Cc1cc2cc(CNC(=O)c3ccc(CO)c(C(=O)[O-])c3)ccc2n1C.[K+]. The first kappa shape index (κ1) is 21.8. The minimum absolute atomic E-state index is 0. The molecule has 2 aromatic carbocycles. The minimum atomic E-state index is -1.42. The van der Waals surface area contributed by atoms with Gasteiger partial charge in [-0.25, -0.2) is 0 Å². The standard InChI is InChI=1S/C20H20N2O4.K/c1-12-7-16-8-13(3-6-18(16)22(12)2)10-21-19(24)14-4-5-15(11-23)17(9-14)20(25)26;/h3-9,23H,10-11H2,1-2H3,(H,21,24)(H,25,26);/q;+1/p-1. The van der Waals surface area contributed by atoms with Crippen molar-refractivity contribution in [1.29, 1.82) is 0 Å². The number of carbonyl (C=O) groups is 2. The van der Waals surface area contributed by atoms with E-state index in [0.29, 0.717) is 6.54 Å². The first-order valence-corrected chi connectivity index (χ1v) is 8.19. The summed E-state index contributed by atoms with van der Waals surface area (Å²) in [6, 6.07) is 12.2. The van der Waals surface area contributed by atoms with Crippen molar-refractivity contribution in [2.45, 2.75) is 20.1 Å². The molecular formula is C20H19KN2O4. The molecule has 1 aromatic heterocycles. The largest absolute Gasteiger partial charge is 1.00 e. The van der Waals surface area contributed by atoms with Gasteiger partial charge in [0.25, 0.3) is 5.91 Å². The van der Waals surface area contributed by atoms with Gasteiger partial charge in [-0.1, -0.05) is 12.1 Å². The molecule has 0 aliphatic rings. The number of hydrogen-bond donors (Lipinski definition) is 2. The van der Waals surface area contributed by atoms with E-state index < -0.39 is 12.6 Å². The van der Waals surface area contributed by atoms with Crippen LogP contribution in [0.2, 0.25) is 0 Å². The summed E-state index contributed by atoms with van der Waals surface area (Å²) >= 11 is 0. The predicted octanol–water partition coefficient (Wildman–Crippen LogP) is -1.72. The number of aryl methyl sites for hydroxylation is 2. The number of aromatic carboxylic acids is 1. The van der Waals surface area contributed by atoms with Crippen molar-refractivity contribution in [1.82, 2.24) is 9.88 Å². The van der Waals surface area contributed by atoms with Gasteiger partial charge in [-0.15, -0.1) is 0 Å². The Bertz CT molecular complexity index is 1010. The van der Waals surface area contributed by atoms with Gasteiger partial charge >= 0.3 is 51.4 Å². The number of nitrogens with zero attached hydrogens (tertiary/aromatic N) is 1. The van der Waals surface area contributed by atoms with E-state index in [9.17, 15) is 14.7 Å². The van der Waals surface area contributed by atoms with E-state index in [2.05, 4.69) is 16.0 Å². The van der Waals surface area contributed by atoms with E-state index in [1.807, 2.05) is 32.2 Å². The molecule has 6 nitrogen and oxygen atoms in total. The summed E-state index contributed by atoms with van der Waals surface area (Å²) in [5.74, 6) is -1.81. The molecule has 0 saturated heterocycles. The van der Waals surface area contributed by atoms with Crippen LogP contribution < -0.4 is 61.8 Å². The van der Waals surface area contributed by atoms with Crippen LogP contribution in [-0.4, -0.2) is 21.6 Å². The molecule has 0 unspecified atom stereocenters. The monoisotopic (exact) mass is 390 g/mol. The van der Waals surface area contributed by atoms with Crippen molar-refractivity contribution in [2.24, 2.45) is 7.05 Å². The second-order valence-corrected chi connectivity index (χ2v) is 6.24. The number of carboxylic acid groups (broad SMARTS) is 1. The van der Waals surface area contributed by atoms with Crippen LogP contribution in [0.3, 0.4) is 0 Å². The van der Waals surface area contributed by atoms with Gasteiger partial charge in [0.15, 0.2) is 0 Å². The third-order valence-corrected chi connectivity index (χ3v) is 4.56. The number of fused-ring (bicyclic) bond motifs is 1. The number of rotatable bonds is 5. The van der Waals surface area contributed by atoms with E-state index in [1.165, 1.54) is 18.2 Å². The van der Waals surface area contributed by atoms with Crippen LogP contribution >= 0.6 is 0 Å². The van der Waals surface area contributed by atoms with E-state index in [1.54, 1.807) is 0 Å². The number of aromatic nitrogens is 1. The molecule has 0 aliphatic carbocycles. The molecule has 27 heavy (non-hydrogen) atoms. The van der Waals surface area contributed by atoms with Gasteiger partial charge in [-0.3, -0.25) is 4.79 Å². The van der Waals surface area contributed by atoms with Gasteiger partial charge in [0, 0.05) is 41.3 Å². The Kier molecular flexibility index (Phi) is 7.38. The molecule has 0 aliphatic heterocycles. The van der Waals surface area contributed by atoms with Crippen molar-refractivity contribution in [3.63, 3.8) is 0 Å². The molecule has 0 saturated carbocycles. The summed E-state index contributed by atoms with van der Waals surface area (Å²) in [6.07, 6.45) is 0. The van der Waals surface area contributed by atoms with Crippen molar-refractivity contribution >= 4 is 22.8 Å². The van der Waals surface area contributed by atoms with Gasteiger partial charge in [0.1, 0.15) is 0 Å². The Balaban J connectivity index is 0.00000261. The molecule has 0 bridgehead atoms. The number of hydrogen-bond acceptors (Lipinski definition) is 4. The van der Waals surface area contributed by atoms with Gasteiger partial charge in [0.05, 0.1) is 12.6 Å². The Morgan fingerprint density at radius 3 is 2.56 bits per heavy atom. The number of carboxylic acids is 1. The fourth-order valence-electron chi connectivity index (χ4n) is 2.98. The zero-order chi connectivity index (χ0) is 18.8. The van der Waals surface area contributed by atoms with E-state index >= 15 is 0 Å². The quantitative estimate of drug-likeness (QED) is 0.507. The van der Waals surface area contributed by atoms with Gasteiger partial charge in [-0.05, 0) is 48.4 Å². The second kappa shape index (κ2) is 9.14. The Labute approximate surface area is 199 Å². The summed E-state index contributed by atoms with van der Waals surface area (Å²) < 4.78 is 2.10. The van der Waals surface area contributed by atoms with Crippen molar-refractivity contribution < 1.29 is 71.2 Å². The zero-order valence-electron chi connectivity index (χ0n) is 15.6. The third-order valence-electron chi connectivity index (χ3n) is 4.56. The number of aliphatic hydroxyl groups is 1. The van der Waals surface area contributed by atoms with Crippen LogP contribution in [0.25, 0.3) is 10.9 Å². The molecule has 134 valence electrons. The molecule has 0 fully saturated rings. The Morgan fingerprint density at radius 2 is 1.89 bits per heavy atom. The minimum Gasteiger partial charge on any atom is -0.545 e. The molecule has 0 radical (unpaired) electrons. The maximum Gasteiger partial charge on any atom is 1.00 e. The molecule has 3 rings (SSSR count). The maximum atomic E-state index is 12.3. The first-order chi connectivity index (χ1) is 12.4. The molecule has 0 spiro atoms. The molecule has 1 heterocycles. The number of amides is 1. The number of carbonyl (C=O) groups excluding carboxylic acids is 2. The summed E-state index contributed by atoms with van der Waals surface area (Å²) in [7, 11) is 2.00. The summed E-state index contributed by atoms with van der Waals surface area (Å²) in [5, 5.41) is 24.2. The van der Waals surface area contributed by atoms with Crippen LogP contribution in [0.4, 0.5) is 0 Å². The van der Waals surface area contributed by atoms with Crippen LogP contribution in [0.15, 0.2) is 42.5 Å². The molecule has 2 N–H and O–H groups in total. The van der Waals surface area contributed by atoms with E-state index in [-0.39, 0.29) is 74.0 Å². The van der Waals surface area contributed by atoms with Crippen molar-refractivity contribution in [3.8, 4) is 0 Å². The van der Waals surface area contributed by atoms with E-state index in [4.69, 9.17) is 5.11 Å². The Hall–Kier alpha value is -1.48. The van der Waals surface area contributed by atoms with Crippen LogP contribution in [-0.2, 0) is 20.2 Å². The molecule has 7 heteroatoms. The van der Waals surface area contributed by atoms with Crippen LogP contribution in [0.5, 0.6) is 0 Å². The molecule has 1 amide bonds. The summed E-state index contributed by atoms with van der Waals surface area (Å²) in [6.45, 7) is 1.93. The predicted molar refractivity (Wildman–Crippen MR) is 95.5 cm³/mol. The average Bonchev–Trinajstić information content (AvgIpc) is 2.92. The number of nitrogens with one attached hydrogen (secondary N) is 1. The van der Waals surface area contributed by atoms with Gasteiger partial charge in [-0.2, -0.15) is 0 Å². The average molecular weight is 390 g/mol. The summed E-state index contributed by atoms with van der Waals surface area (Å²) in [5.41, 5.74) is 3.46. The van der Waals surface area contributed by atoms with Gasteiger partial charge < -0.3 is 24.9 Å². The molecule has 0 atom stereocenters. The molecule has 3 aromatic rings. The van der Waals surface area contributed by atoms with Crippen LogP contribution in [0, 0.1) is 6.92 Å². The van der Waals surface area contributed by atoms with Crippen molar-refractivity contribution in [3.05, 3.63) is 70.4 Å². The Morgan fingerprint density at radius 1 is 1.15 bits per heavy atom. The summed E-state index contributed by atoms with van der Waals surface area (Å²) in [4.78, 5) is 23.5. The number of aliphatic hydroxyl groups excluding tert-OH is 1. The fraction of sp³-hybridized carbons (Fsp3) is 0.200. The normalized spacial score (nSPS) is 10.5. The first-order valence-electron chi connectivity index (χ1n) is 8.19. The van der Waals surface area contributed by atoms with Crippen LogP contribution in [0.1, 0.15) is 37.5 Å². The smallest absolute Gasteiger partial charge is 0.545 e. The van der Waals surface area contributed by atoms with Crippen molar-refractivity contribution in [2.75, 3.05) is 0 Å². The second-order valence-electron chi connectivity index (χ2n) is 6.24. The fourth-order valence-corrected chi connectivity index (χ4v) is 2.98. The third kappa shape index (κ3) is 4.68. The topological polar surface area (TPSA) is 94.4 Å². The zero-order valence-corrected chi connectivity index (χ0v) is 18.7. The van der Waals surface area contributed by atoms with Gasteiger partial charge in [0.2, 0.25) is 0 Å². The maximum absolute atomic E-state index is 12.3.